The number of aryl methyl sites for hydroxylation is 2. The number of aliphatic imine (C=N–C) groups is 1. The van der Waals surface area contributed by atoms with E-state index in [1.165, 1.54) is 11.1 Å². The van der Waals surface area contributed by atoms with Gasteiger partial charge in [-0.25, -0.2) is 4.99 Å². The van der Waals surface area contributed by atoms with Crippen LogP contribution in [0.25, 0.3) is 0 Å². The summed E-state index contributed by atoms with van der Waals surface area (Å²) in [5.41, 5.74) is 6.73. The van der Waals surface area contributed by atoms with Crippen molar-refractivity contribution in [2.45, 2.75) is 20.8 Å². The van der Waals surface area contributed by atoms with Crippen LogP contribution in [-0.4, -0.2) is 5.71 Å². The summed E-state index contributed by atoms with van der Waals surface area (Å²) in [5.74, 6) is 0. The Labute approximate surface area is 103 Å². The number of hydrogen-bond acceptors (Lipinski definition) is 1. The summed E-state index contributed by atoms with van der Waals surface area (Å²) < 4.78 is 0. The second-order valence-electron chi connectivity index (χ2n) is 4.52. The maximum atomic E-state index is 4.69. The molecule has 0 aromatic heterocycles. The maximum absolute atomic E-state index is 4.69. The van der Waals surface area contributed by atoms with E-state index in [0.717, 1.165) is 22.5 Å². The van der Waals surface area contributed by atoms with E-state index in [0.29, 0.717) is 0 Å². The first-order valence-corrected chi connectivity index (χ1v) is 5.78. The third-order valence-corrected chi connectivity index (χ3v) is 2.85. The van der Waals surface area contributed by atoms with Gasteiger partial charge in [-0.2, -0.15) is 0 Å². The Bertz CT molecular complexity index is 557. The molecular weight excluding hydrogens is 206 g/mol. The highest BCUT2D eigenvalue weighted by molar-refractivity contribution is 6.11. The molecule has 0 N–H and O–H groups in total. The van der Waals surface area contributed by atoms with Crippen molar-refractivity contribution in [3.05, 3.63) is 65.3 Å². The van der Waals surface area contributed by atoms with Crippen molar-refractivity contribution in [2.75, 3.05) is 0 Å². The van der Waals surface area contributed by atoms with Crippen LogP contribution in [0.3, 0.4) is 0 Å². The minimum absolute atomic E-state index is 1.02. The average molecular weight is 223 g/mol. The first kappa shape index (κ1) is 11.6. The van der Waals surface area contributed by atoms with E-state index < -0.39 is 0 Å². The van der Waals surface area contributed by atoms with Gasteiger partial charge in [0.25, 0.3) is 0 Å². The molecule has 2 rings (SSSR count). The molecule has 0 amide bonds. The quantitative estimate of drug-likeness (QED) is 0.667. The molecule has 17 heavy (non-hydrogen) atoms. The number of nitrogens with zero attached hydrogens (tertiary/aromatic N) is 1. The molecule has 0 unspecified atom stereocenters. The van der Waals surface area contributed by atoms with Gasteiger partial charge >= 0.3 is 0 Å². The predicted molar refractivity (Wildman–Crippen MR) is 75.0 cm³/mol. The minimum atomic E-state index is 1.02. The first-order chi connectivity index (χ1) is 8.06. The first-order valence-electron chi connectivity index (χ1n) is 5.78. The van der Waals surface area contributed by atoms with Crippen LogP contribution in [0.5, 0.6) is 0 Å². The highest BCUT2D eigenvalue weighted by Gasteiger charge is 2.05. The SMILES string of the molecule is C=C1C=C/C(=N/c2ccc(C)cc2C)C(C)=C1. The Kier molecular flexibility index (Phi) is 3.10. The van der Waals surface area contributed by atoms with Gasteiger partial charge in [0.05, 0.1) is 11.4 Å². The summed E-state index contributed by atoms with van der Waals surface area (Å²) >= 11 is 0. The van der Waals surface area contributed by atoms with Crippen molar-refractivity contribution >= 4 is 11.4 Å². The van der Waals surface area contributed by atoms with Crippen molar-refractivity contribution in [1.29, 1.82) is 0 Å². The lowest BCUT2D eigenvalue weighted by Crippen LogP contribution is -2.00. The van der Waals surface area contributed by atoms with E-state index in [-0.39, 0.29) is 0 Å². The fourth-order valence-electron chi connectivity index (χ4n) is 1.90. The molecule has 1 nitrogen and oxygen atoms in total. The number of rotatable bonds is 1. The molecule has 86 valence electrons. The summed E-state index contributed by atoms with van der Waals surface area (Å²) in [5, 5.41) is 0. The van der Waals surface area contributed by atoms with E-state index in [1.54, 1.807) is 0 Å². The van der Waals surface area contributed by atoms with Crippen LogP contribution in [0.4, 0.5) is 5.69 Å². The zero-order valence-electron chi connectivity index (χ0n) is 10.6. The normalized spacial score (nSPS) is 17.5. The van der Waals surface area contributed by atoms with E-state index >= 15 is 0 Å². The fourth-order valence-corrected chi connectivity index (χ4v) is 1.90. The smallest absolute Gasteiger partial charge is 0.0666 e. The van der Waals surface area contributed by atoms with Crippen molar-refractivity contribution in [3.8, 4) is 0 Å². The van der Waals surface area contributed by atoms with Gasteiger partial charge in [-0.3, -0.25) is 0 Å². The lowest BCUT2D eigenvalue weighted by atomic mass is 10.0. The van der Waals surface area contributed by atoms with Crippen LogP contribution in [0.15, 0.2) is 59.1 Å². The molecule has 0 fully saturated rings. The Hall–Kier alpha value is -1.89. The van der Waals surface area contributed by atoms with Gasteiger partial charge in [0.1, 0.15) is 0 Å². The van der Waals surface area contributed by atoms with Gasteiger partial charge in [0.15, 0.2) is 0 Å². The molecule has 1 aliphatic rings. The maximum Gasteiger partial charge on any atom is 0.0666 e. The van der Waals surface area contributed by atoms with Gasteiger partial charge in [-0.15, -0.1) is 0 Å². The average Bonchev–Trinajstić information content (AvgIpc) is 2.25. The van der Waals surface area contributed by atoms with Crippen LogP contribution in [0.2, 0.25) is 0 Å². The lowest BCUT2D eigenvalue weighted by molar-refractivity contribution is 1.34. The molecule has 0 saturated carbocycles. The van der Waals surface area contributed by atoms with Crippen molar-refractivity contribution in [3.63, 3.8) is 0 Å². The molecule has 0 spiro atoms. The second kappa shape index (κ2) is 4.54. The van der Waals surface area contributed by atoms with Crippen LogP contribution >= 0.6 is 0 Å². The summed E-state index contributed by atoms with van der Waals surface area (Å²) in [6, 6.07) is 6.32. The van der Waals surface area contributed by atoms with E-state index in [4.69, 9.17) is 4.99 Å². The third-order valence-electron chi connectivity index (χ3n) is 2.85. The van der Waals surface area contributed by atoms with Gasteiger partial charge in [-0.05, 0) is 49.6 Å². The molecule has 0 radical (unpaired) electrons. The minimum Gasteiger partial charge on any atom is -0.249 e. The van der Waals surface area contributed by atoms with Crippen molar-refractivity contribution in [2.24, 2.45) is 4.99 Å². The molecule has 1 aromatic carbocycles. The van der Waals surface area contributed by atoms with Crippen molar-refractivity contribution < 1.29 is 0 Å². The highest BCUT2D eigenvalue weighted by Crippen LogP contribution is 2.22. The van der Waals surface area contributed by atoms with Gasteiger partial charge in [0.2, 0.25) is 0 Å². The summed E-state index contributed by atoms with van der Waals surface area (Å²) in [6.07, 6.45) is 6.08. The Morgan fingerprint density at radius 2 is 1.82 bits per heavy atom. The lowest BCUT2D eigenvalue weighted by Gasteiger charge is -2.09. The van der Waals surface area contributed by atoms with E-state index in [1.807, 2.05) is 12.2 Å². The number of hydrogen-bond donors (Lipinski definition) is 0. The molecule has 0 saturated heterocycles. The van der Waals surface area contributed by atoms with Gasteiger partial charge in [0, 0.05) is 0 Å². The monoisotopic (exact) mass is 223 g/mol. The number of allylic oxidation sites excluding steroid dienone is 5. The molecule has 1 aliphatic carbocycles. The molecule has 0 heterocycles. The predicted octanol–water partition coefficient (Wildman–Crippen LogP) is 4.45. The Morgan fingerprint density at radius 3 is 2.47 bits per heavy atom. The Morgan fingerprint density at radius 1 is 1.06 bits per heavy atom. The zero-order valence-corrected chi connectivity index (χ0v) is 10.6. The molecule has 1 aromatic rings. The molecule has 0 atom stereocenters. The fraction of sp³-hybridized carbons (Fsp3) is 0.188. The van der Waals surface area contributed by atoms with Crippen LogP contribution in [-0.2, 0) is 0 Å². The van der Waals surface area contributed by atoms with E-state index in [2.05, 4.69) is 51.6 Å². The number of benzene rings is 1. The molecular formula is C16H17N. The topological polar surface area (TPSA) is 12.4 Å². The van der Waals surface area contributed by atoms with Gasteiger partial charge < -0.3 is 0 Å². The van der Waals surface area contributed by atoms with Crippen molar-refractivity contribution in [1.82, 2.24) is 0 Å². The zero-order chi connectivity index (χ0) is 12.4. The third kappa shape index (κ3) is 2.62. The Balaban J connectivity index is 2.40. The van der Waals surface area contributed by atoms with Crippen LogP contribution < -0.4 is 0 Å². The van der Waals surface area contributed by atoms with Gasteiger partial charge in [-0.1, -0.05) is 36.4 Å². The van der Waals surface area contributed by atoms with Crippen LogP contribution in [0.1, 0.15) is 18.1 Å². The second-order valence-corrected chi connectivity index (χ2v) is 4.52. The largest absolute Gasteiger partial charge is 0.249 e. The molecule has 0 aliphatic heterocycles. The summed E-state index contributed by atoms with van der Waals surface area (Å²) in [6.45, 7) is 10.2. The summed E-state index contributed by atoms with van der Waals surface area (Å²) in [4.78, 5) is 4.69. The molecule has 0 bridgehead atoms. The van der Waals surface area contributed by atoms with E-state index in [9.17, 15) is 0 Å². The standard InChI is InChI=1S/C16H17N/c1-11-5-7-15(13(3)9-11)17-16-8-6-12(2)10-14(16)4/h5-10H,1H2,2-4H3/b17-15-. The summed E-state index contributed by atoms with van der Waals surface area (Å²) in [7, 11) is 0. The van der Waals surface area contributed by atoms with Crippen LogP contribution in [0, 0.1) is 13.8 Å². The highest BCUT2D eigenvalue weighted by atomic mass is 14.7. The molecule has 1 heteroatoms.